The molecule has 0 aliphatic carbocycles. The average molecular weight is 440 g/mol. The minimum Gasteiger partial charge on any atom is -0.277 e. The van der Waals surface area contributed by atoms with Gasteiger partial charge in [0.2, 0.25) is 0 Å². The molecule has 132 valence electrons. The van der Waals surface area contributed by atoms with Crippen molar-refractivity contribution in [1.29, 1.82) is 0 Å². The Morgan fingerprint density at radius 3 is 2.64 bits per heavy atom. The van der Waals surface area contributed by atoms with E-state index in [4.69, 9.17) is 34.8 Å². The van der Waals surface area contributed by atoms with E-state index in [1.807, 2.05) is 0 Å². The molecular weight excluding hydrogens is 431 g/mol. The maximum absolute atomic E-state index is 12.6. The van der Waals surface area contributed by atoms with Gasteiger partial charge >= 0.3 is 0 Å². The Balaban J connectivity index is 1.94. The molecule has 25 heavy (non-hydrogen) atoms. The Hall–Kier alpha value is -1.46. The number of aryl methyl sites for hydroxylation is 1. The lowest BCUT2D eigenvalue weighted by Gasteiger charge is -2.10. The summed E-state index contributed by atoms with van der Waals surface area (Å²) in [7, 11) is -2.28. The predicted molar refractivity (Wildman–Crippen MR) is 96.0 cm³/mol. The number of anilines is 1. The van der Waals surface area contributed by atoms with Crippen LogP contribution in [-0.4, -0.2) is 33.6 Å². The highest BCUT2D eigenvalue weighted by atomic mass is 35.5. The maximum atomic E-state index is 12.6. The van der Waals surface area contributed by atoms with Gasteiger partial charge in [0.05, 0.1) is 34.9 Å². The van der Waals surface area contributed by atoms with Gasteiger partial charge in [-0.1, -0.05) is 34.8 Å². The topological polar surface area (TPSA) is 103 Å². The summed E-state index contributed by atoms with van der Waals surface area (Å²) in [4.78, 5) is 5.46. The smallest absolute Gasteiger partial charge is 0.271 e. The van der Waals surface area contributed by atoms with Crippen molar-refractivity contribution in [2.75, 3.05) is 4.72 Å². The van der Waals surface area contributed by atoms with Crippen LogP contribution in [0.3, 0.4) is 0 Å². The van der Waals surface area contributed by atoms with Crippen molar-refractivity contribution in [3.05, 3.63) is 44.2 Å². The molecule has 3 rings (SSSR count). The third-order valence-electron chi connectivity index (χ3n) is 2.94. The van der Waals surface area contributed by atoms with E-state index in [1.54, 1.807) is 7.05 Å². The first-order valence-corrected chi connectivity index (χ1v) is 10.0. The van der Waals surface area contributed by atoms with Crippen molar-refractivity contribution >= 4 is 61.9 Å². The van der Waals surface area contributed by atoms with E-state index in [9.17, 15) is 8.42 Å². The summed E-state index contributed by atoms with van der Waals surface area (Å²) in [5, 5.41) is 12.1. The number of nitrogens with one attached hydrogen (secondary N) is 1. The number of nitrogens with zero attached hydrogens (tertiary/aromatic N) is 5. The lowest BCUT2D eigenvalue weighted by molar-refractivity contribution is 0.603. The molecule has 0 bridgehead atoms. The van der Waals surface area contributed by atoms with Crippen molar-refractivity contribution in [2.24, 2.45) is 7.05 Å². The largest absolute Gasteiger partial charge is 0.277 e. The molecule has 1 N–H and O–H groups in total. The van der Waals surface area contributed by atoms with Crippen LogP contribution in [0.15, 0.2) is 22.5 Å². The molecule has 3 aromatic rings. The fourth-order valence-corrected chi connectivity index (χ4v) is 5.01. The minimum atomic E-state index is -3.90. The fraction of sp³-hybridized carbons (Fsp3) is 0.167. The maximum Gasteiger partial charge on any atom is 0.271 e. The molecule has 0 radical (unpaired) electrons. The van der Waals surface area contributed by atoms with Crippen molar-refractivity contribution in [2.45, 2.75) is 10.6 Å². The fourth-order valence-electron chi connectivity index (χ4n) is 1.89. The van der Waals surface area contributed by atoms with E-state index in [2.05, 4.69) is 25.1 Å². The molecule has 0 spiro atoms. The van der Waals surface area contributed by atoms with Crippen molar-refractivity contribution in [3.8, 4) is 0 Å². The Morgan fingerprint density at radius 1 is 1.28 bits per heavy atom. The van der Waals surface area contributed by atoms with Gasteiger partial charge in [-0.25, -0.2) is 8.42 Å². The van der Waals surface area contributed by atoms with Crippen LogP contribution >= 0.6 is 46.1 Å². The third-order valence-corrected chi connectivity index (χ3v) is 6.86. The molecule has 0 saturated carbocycles. The molecule has 0 aliphatic rings. The third kappa shape index (κ3) is 4.21. The van der Waals surface area contributed by atoms with Gasteiger partial charge in [-0.3, -0.25) is 9.71 Å². The molecule has 3 heterocycles. The highest BCUT2D eigenvalue weighted by Crippen LogP contribution is 2.35. The van der Waals surface area contributed by atoms with Crippen LogP contribution in [0.5, 0.6) is 0 Å². The van der Waals surface area contributed by atoms with E-state index in [0.29, 0.717) is 11.5 Å². The van der Waals surface area contributed by atoms with E-state index in [1.165, 1.54) is 23.1 Å². The van der Waals surface area contributed by atoms with Gasteiger partial charge in [0.25, 0.3) is 10.0 Å². The first-order chi connectivity index (χ1) is 11.7. The van der Waals surface area contributed by atoms with Crippen LogP contribution < -0.4 is 4.72 Å². The zero-order chi connectivity index (χ0) is 18.2. The summed E-state index contributed by atoms with van der Waals surface area (Å²) in [6, 6.07) is 2.73. The SMILES string of the molecule is Cn1nnc(Cc2ncc(Cl)cc2NS(=O)(=O)c2cc(Cl)c(Cl)s2)n1. The van der Waals surface area contributed by atoms with Crippen LogP contribution in [0, 0.1) is 0 Å². The van der Waals surface area contributed by atoms with Crippen LogP contribution in [0.4, 0.5) is 5.69 Å². The van der Waals surface area contributed by atoms with Gasteiger partial charge in [0, 0.05) is 6.20 Å². The lowest BCUT2D eigenvalue weighted by Crippen LogP contribution is -2.14. The summed E-state index contributed by atoms with van der Waals surface area (Å²) >= 11 is 18.5. The standard InChI is InChI=1S/C12H9Cl3N6O2S2/c1-21-18-10(17-20-21)4-8-9(2-6(13)5-16-8)19-25(22,23)11-3-7(14)12(15)24-11/h2-3,5,19H,4H2,1H3. The molecule has 0 atom stereocenters. The number of hydrogen-bond donors (Lipinski definition) is 1. The Morgan fingerprint density at radius 2 is 2.04 bits per heavy atom. The van der Waals surface area contributed by atoms with Crippen LogP contribution in [-0.2, 0) is 23.5 Å². The second kappa shape index (κ2) is 7.04. The van der Waals surface area contributed by atoms with Gasteiger partial charge in [-0.15, -0.1) is 21.5 Å². The van der Waals surface area contributed by atoms with E-state index in [0.717, 1.165) is 11.3 Å². The lowest BCUT2D eigenvalue weighted by atomic mass is 10.2. The Labute approximate surface area is 161 Å². The first kappa shape index (κ1) is 18.3. The molecule has 0 aromatic carbocycles. The summed E-state index contributed by atoms with van der Waals surface area (Å²) < 4.78 is 27.7. The summed E-state index contributed by atoms with van der Waals surface area (Å²) in [6.07, 6.45) is 1.58. The number of tetrazole rings is 1. The van der Waals surface area contributed by atoms with Gasteiger partial charge < -0.3 is 0 Å². The minimum absolute atomic E-state index is 0.0222. The molecule has 13 heteroatoms. The quantitative estimate of drug-likeness (QED) is 0.655. The number of halogens is 3. The average Bonchev–Trinajstić information content (AvgIpc) is 3.08. The molecule has 0 saturated heterocycles. The predicted octanol–water partition coefficient (Wildman–Crippen LogP) is 3.02. The second-order valence-electron chi connectivity index (χ2n) is 4.81. The van der Waals surface area contributed by atoms with Crippen molar-refractivity contribution in [1.82, 2.24) is 25.2 Å². The zero-order valence-electron chi connectivity index (χ0n) is 12.4. The van der Waals surface area contributed by atoms with Gasteiger partial charge in [-0.05, 0) is 17.3 Å². The highest BCUT2D eigenvalue weighted by Gasteiger charge is 2.21. The molecule has 0 unspecified atom stereocenters. The molecule has 0 amide bonds. The second-order valence-corrected chi connectivity index (χ2v) is 9.22. The number of thiophene rings is 1. The van der Waals surface area contributed by atoms with Crippen molar-refractivity contribution < 1.29 is 8.42 Å². The number of sulfonamides is 1. The molecular formula is C12H9Cl3N6O2S2. The van der Waals surface area contributed by atoms with E-state index in [-0.39, 0.29) is 30.7 Å². The first-order valence-electron chi connectivity index (χ1n) is 6.59. The summed E-state index contributed by atoms with van der Waals surface area (Å²) in [6.45, 7) is 0. The van der Waals surface area contributed by atoms with Crippen molar-refractivity contribution in [3.63, 3.8) is 0 Å². The summed E-state index contributed by atoms with van der Waals surface area (Å²) in [5.41, 5.74) is 0.607. The van der Waals surface area contributed by atoms with E-state index >= 15 is 0 Å². The number of aromatic nitrogens is 5. The van der Waals surface area contributed by atoms with Crippen LogP contribution in [0.25, 0.3) is 0 Å². The zero-order valence-corrected chi connectivity index (χ0v) is 16.3. The van der Waals surface area contributed by atoms with E-state index < -0.39 is 10.0 Å². The molecule has 8 nitrogen and oxygen atoms in total. The van der Waals surface area contributed by atoms with Gasteiger partial charge in [0.1, 0.15) is 8.55 Å². The molecule has 0 fully saturated rings. The van der Waals surface area contributed by atoms with Crippen LogP contribution in [0.2, 0.25) is 14.4 Å². The summed E-state index contributed by atoms with van der Waals surface area (Å²) in [5.74, 6) is 0.389. The Bertz CT molecular complexity index is 1010. The highest BCUT2D eigenvalue weighted by molar-refractivity contribution is 7.94. The molecule has 3 aromatic heterocycles. The van der Waals surface area contributed by atoms with Gasteiger partial charge in [-0.2, -0.15) is 4.80 Å². The number of hydrogen-bond acceptors (Lipinski definition) is 7. The normalized spacial score (nSPS) is 11.7. The van der Waals surface area contributed by atoms with Gasteiger partial charge in [0.15, 0.2) is 5.82 Å². The van der Waals surface area contributed by atoms with Crippen LogP contribution in [0.1, 0.15) is 11.5 Å². The Kier molecular flexibility index (Phi) is 5.16. The molecule has 0 aliphatic heterocycles. The number of pyridine rings is 1. The monoisotopic (exact) mass is 438 g/mol. The number of rotatable bonds is 5.